The van der Waals surface area contributed by atoms with Crippen LogP contribution in [0.1, 0.15) is 84.5 Å². The van der Waals surface area contributed by atoms with E-state index in [0.29, 0.717) is 0 Å². The molecule has 0 aromatic rings. The van der Waals surface area contributed by atoms with Crippen LogP contribution in [0.5, 0.6) is 0 Å². The molecule has 0 spiro atoms. The van der Waals surface area contributed by atoms with Crippen LogP contribution in [0.15, 0.2) is 12.2 Å². The Balaban J connectivity index is 2.99. The molecule has 0 rings (SSSR count). The molecule has 0 aliphatic rings. The lowest BCUT2D eigenvalue weighted by Gasteiger charge is -2.00. The van der Waals surface area contributed by atoms with Crippen LogP contribution >= 0.6 is 0 Å². The maximum atomic E-state index is 5.47. The second kappa shape index (κ2) is 16.7. The van der Waals surface area contributed by atoms with E-state index >= 15 is 0 Å². The van der Waals surface area contributed by atoms with E-state index < -0.39 is 0 Å². The summed E-state index contributed by atoms with van der Waals surface area (Å²) in [5.41, 5.74) is 0. The lowest BCUT2D eigenvalue weighted by atomic mass is 10.1. The zero-order chi connectivity index (χ0) is 13.3. The summed E-state index contributed by atoms with van der Waals surface area (Å²) in [6, 6.07) is 0. The van der Waals surface area contributed by atoms with Crippen LogP contribution in [0, 0.1) is 0 Å². The van der Waals surface area contributed by atoms with Crippen LogP contribution in [0.2, 0.25) is 0 Å². The van der Waals surface area contributed by atoms with Gasteiger partial charge in [-0.3, -0.25) is 0 Å². The maximum Gasteiger partial charge on any atom is 0.0647 e. The predicted octanol–water partition coefficient (Wildman–Crippen LogP) is 5.89. The first kappa shape index (κ1) is 17.7. The normalized spacial score (nSPS) is 11.4. The predicted molar refractivity (Wildman–Crippen MR) is 82.1 cm³/mol. The third-order valence-electron chi connectivity index (χ3n) is 3.25. The highest BCUT2D eigenvalue weighted by Crippen LogP contribution is 2.09. The first-order valence-corrected chi connectivity index (χ1v) is 8.14. The summed E-state index contributed by atoms with van der Waals surface area (Å²) in [6.07, 6.45) is 19.3. The van der Waals surface area contributed by atoms with Crippen molar-refractivity contribution in [3.05, 3.63) is 12.2 Å². The Morgan fingerprint density at radius 1 is 0.667 bits per heavy atom. The molecule has 0 aromatic heterocycles. The molecule has 0 unspecified atom stereocenters. The molecule has 0 bridgehead atoms. The summed E-state index contributed by atoms with van der Waals surface area (Å²) in [5.74, 6) is 0. The van der Waals surface area contributed by atoms with Gasteiger partial charge < -0.3 is 4.74 Å². The number of allylic oxidation sites excluding steroid dienone is 1. The average Bonchev–Trinajstić information content (AvgIpc) is 2.39. The Labute approximate surface area is 115 Å². The van der Waals surface area contributed by atoms with E-state index in [9.17, 15) is 0 Å². The molecule has 0 radical (unpaired) electrons. The molecule has 0 aliphatic carbocycles. The lowest BCUT2D eigenvalue weighted by Crippen LogP contribution is -1.92. The monoisotopic (exact) mass is 254 g/mol. The Bertz CT molecular complexity index is 163. The second-order valence-corrected chi connectivity index (χ2v) is 5.16. The van der Waals surface area contributed by atoms with Gasteiger partial charge in [-0.15, -0.1) is 0 Å². The number of hydrogen-bond acceptors (Lipinski definition) is 1. The van der Waals surface area contributed by atoms with Crippen molar-refractivity contribution in [2.75, 3.05) is 13.2 Å². The molecule has 0 aromatic carbocycles. The van der Waals surface area contributed by atoms with Crippen molar-refractivity contribution in [1.29, 1.82) is 0 Å². The molecule has 18 heavy (non-hydrogen) atoms. The summed E-state index contributed by atoms with van der Waals surface area (Å²) in [7, 11) is 0. The molecular formula is C17H34O. The lowest BCUT2D eigenvalue weighted by molar-refractivity contribution is 0.158. The fourth-order valence-electron chi connectivity index (χ4n) is 1.98. The van der Waals surface area contributed by atoms with Crippen molar-refractivity contribution >= 4 is 0 Å². The van der Waals surface area contributed by atoms with Gasteiger partial charge in [0.25, 0.3) is 0 Å². The van der Waals surface area contributed by atoms with Gasteiger partial charge in [0.05, 0.1) is 6.61 Å². The van der Waals surface area contributed by atoms with Gasteiger partial charge in [-0.2, -0.15) is 0 Å². The molecule has 0 saturated heterocycles. The molecule has 108 valence electrons. The van der Waals surface area contributed by atoms with Crippen LogP contribution in [0.3, 0.4) is 0 Å². The number of ether oxygens (including phenoxy) is 1. The largest absolute Gasteiger partial charge is 0.377 e. The fourth-order valence-corrected chi connectivity index (χ4v) is 1.98. The first-order valence-electron chi connectivity index (χ1n) is 8.14. The zero-order valence-corrected chi connectivity index (χ0v) is 12.8. The molecule has 1 heteroatoms. The Kier molecular flexibility index (Phi) is 16.4. The van der Waals surface area contributed by atoms with Gasteiger partial charge in [-0.1, -0.05) is 77.4 Å². The summed E-state index contributed by atoms with van der Waals surface area (Å²) < 4.78 is 5.47. The molecule has 0 saturated carbocycles. The summed E-state index contributed by atoms with van der Waals surface area (Å²) in [4.78, 5) is 0. The molecule has 0 N–H and O–H groups in total. The van der Waals surface area contributed by atoms with Crippen molar-refractivity contribution in [3.8, 4) is 0 Å². The van der Waals surface area contributed by atoms with Crippen molar-refractivity contribution in [2.45, 2.75) is 84.5 Å². The van der Waals surface area contributed by atoms with E-state index in [1.807, 2.05) is 0 Å². The van der Waals surface area contributed by atoms with E-state index in [1.165, 1.54) is 70.6 Å². The van der Waals surface area contributed by atoms with Crippen LogP contribution in [-0.2, 0) is 4.74 Å². The van der Waals surface area contributed by atoms with E-state index in [4.69, 9.17) is 4.74 Å². The van der Waals surface area contributed by atoms with Gasteiger partial charge in [0.2, 0.25) is 0 Å². The first-order chi connectivity index (χ1) is 8.91. The minimum Gasteiger partial charge on any atom is -0.377 e. The molecule has 0 amide bonds. The summed E-state index contributed by atoms with van der Waals surface area (Å²) >= 11 is 0. The molecule has 0 heterocycles. The molecule has 0 aliphatic heterocycles. The van der Waals surface area contributed by atoms with Crippen molar-refractivity contribution in [3.63, 3.8) is 0 Å². The van der Waals surface area contributed by atoms with Crippen molar-refractivity contribution in [2.24, 2.45) is 0 Å². The number of unbranched alkanes of at least 4 members (excludes halogenated alkanes) is 9. The fraction of sp³-hybridized carbons (Fsp3) is 0.882. The van der Waals surface area contributed by atoms with Gasteiger partial charge >= 0.3 is 0 Å². The molecule has 1 nitrogen and oxygen atoms in total. The Morgan fingerprint density at radius 3 is 1.94 bits per heavy atom. The number of rotatable bonds is 14. The van der Waals surface area contributed by atoms with Gasteiger partial charge in [0, 0.05) is 6.61 Å². The third kappa shape index (κ3) is 15.7. The van der Waals surface area contributed by atoms with Crippen LogP contribution in [-0.4, -0.2) is 13.2 Å². The minimum atomic E-state index is 0.803. The standard InChI is InChI=1S/C17H34O/c1-3-5-7-8-9-10-11-12-13-14-15-17-18-16-6-4-2/h14-15H,3-13,16-17H2,1-2H3/b15-14+. The highest BCUT2D eigenvalue weighted by molar-refractivity contribution is 4.81. The van der Waals surface area contributed by atoms with Gasteiger partial charge in [0.1, 0.15) is 0 Å². The third-order valence-corrected chi connectivity index (χ3v) is 3.25. The molecule has 0 fully saturated rings. The van der Waals surface area contributed by atoms with E-state index in [0.717, 1.165) is 13.2 Å². The van der Waals surface area contributed by atoms with Crippen molar-refractivity contribution in [1.82, 2.24) is 0 Å². The van der Waals surface area contributed by atoms with E-state index in [-0.39, 0.29) is 0 Å². The SMILES string of the molecule is CCCCCCCCCC/C=C/COCCCC. The molecule has 0 atom stereocenters. The highest BCUT2D eigenvalue weighted by atomic mass is 16.5. The molecular weight excluding hydrogens is 220 g/mol. The van der Waals surface area contributed by atoms with Gasteiger partial charge in [-0.25, -0.2) is 0 Å². The van der Waals surface area contributed by atoms with E-state index in [1.54, 1.807) is 0 Å². The van der Waals surface area contributed by atoms with E-state index in [2.05, 4.69) is 26.0 Å². The zero-order valence-electron chi connectivity index (χ0n) is 12.8. The second-order valence-electron chi connectivity index (χ2n) is 5.16. The maximum absolute atomic E-state index is 5.47. The van der Waals surface area contributed by atoms with Crippen LogP contribution < -0.4 is 0 Å². The smallest absolute Gasteiger partial charge is 0.0647 e. The topological polar surface area (TPSA) is 9.23 Å². The summed E-state index contributed by atoms with van der Waals surface area (Å²) in [6.45, 7) is 6.19. The average molecular weight is 254 g/mol. The Morgan fingerprint density at radius 2 is 1.28 bits per heavy atom. The van der Waals surface area contributed by atoms with Gasteiger partial charge in [0.15, 0.2) is 0 Å². The highest BCUT2D eigenvalue weighted by Gasteiger charge is 1.90. The Hall–Kier alpha value is -0.300. The van der Waals surface area contributed by atoms with Gasteiger partial charge in [-0.05, 0) is 19.3 Å². The quantitative estimate of drug-likeness (QED) is 0.277. The van der Waals surface area contributed by atoms with Crippen LogP contribution in [0.25, 0.3) is 0 Å². The van der Waals surface area contributed by atoms with Crippen LogP contribution in [0.4, 0.5) is 0 Å². The summed E-state index contributed by atoms with van der Waals surface area (Å²) in [5, 5.41) is 0. The number of hydrogen-bond donors (Lipinski definition) is 0. The van der Waals surface area contributed by atoms with Crippen molar-refractivity contribution < 1.29 is 4.74 Å². The minimum absolute atomic E-state index is 0.803.